The Kier molecular flexibility index (Phi) is 2.68. The first-order valence-corrected chi connectivity index (χ1v) is 3.73. The van der Waals surface area contributed by atoms with E-state index in [0.717, 1.165) is 19.4 Å². The van der Waals surface area contributed by atoms with E-state index in [1.54, 1.807) is 0 Å². The molecule has 3 nitrogen and oxygen atoms in total. The predicted octanol–water partition coefficient (Wildman–Crippen LogP) is 0.882. The van der Waals surface area contributed by atoms with E-state index in [2.05, 4.69) is 0 Å². The molecule has 1 aliphatic rings. The quantitative estimate of drug-likeness (QED) is 0.444. The van der Waals surface area contributed by atoms with Crippen molar-refractivity contribution < 1.29 is 4.74 Å². The highest BCUT2D eigenvalue weighted by Gasteiger charge is 2.13. The third-order valence-corrected chi connectivity index (χ3v) is 1.72. The average molecular weight is 142 g/mol. The van der Waals surface area contributed by atoms with Crippen LogP contribution in [0.2, 0.25) is 0 Å². The molecule has 1 rings (SSSR count). The van der Waals surface area contributed by atoms with Crippen molar-refractivity contribution in [3.05, 3.63) is 0 Å². The molecule has 0 spiro atoms. The largest absolute Gasteiger partial charge is 0.388 e. The van der Waals surface area contributed by atoms with Crippen LogP contribution in [0.25, 0.3) is 0 Å². The minimum Gasteiger partial charge on any atom is -0.388 e. The van der Waals surface area contributed by atoms with E-state index in [-0.39, 0.29) is 11.9 Å². The van der Waals surface area contributed by atoms with Crippen molar-refractivity contribution in [2.24, 2.45) is 5.73 Å². The zero-order valence-corrected chi connectivity index (χ0v) is 6.10. The van der Waals surface area contributed by atoms with Crippen molar-refractivity contribution in [2.45, 2.75) is 31.8 Å². The number of ether oxygens (including phenoxy) is 1. The van der Waals surface area contributed by atoms with Crippen LogP contribution in [0.4, 0.5) is 0 Å². The van der Waals surface area contributed by atoms with Crippen LogP contribution >= 0.6 is 0 Å². The second-order valence-corrected chi connectivity index (χ2v) is 2.72. The van der Waals surface area contributed by atoms with Gasteiger partial charge in [0.05, 0.1) is 11.9 Å². The molecule has 1 aliphatic heterocycles. The van der Waals surface area contributed by atoms with Gasteiger partial charge in [-0.15, -0.1) is 0 Å². The molecule has 0 aliphatic carbocycles. The Morgan fingerprint density at radius 1 is 1.60 bits per heavy atom. The molecule has 1 atom stereocenters. The highest BCUT2D eigenvalue weighted by molar-refractivity contribution is 5.77. The van der Waals surface area contributed by atoms with E-state index < -0.39 is 0 Å². The van der Waals surface area contributed by atoms with Crippen LogP contribution in [0, 0.1) is 5.41 Å². The van der Waals surface area contributed by atoms with Crippen LogP contribution in [0.5, 0.6) is 0 Å². The van der Waals surface area contributed by atoms with E-state index in [4.69, 9.17) is 15.9 Å². The molecule has 0 bridgehead atoms. The van der Waals surface area contributed by atoms with Crippen molar-refractivity contribution in [3.8, 4) is 0 Å². The maximum absolute atomic E-state index is 7.03. The minimum atomic E-state index is 0.228. The van der Waals surface area contributed by atoms with E-state index in [9.17, 15) is 0 Å². The number of nitrogens with one attached hydrogen (secondary N) is 1. The fourth-order valence-corrected chi connectivity index (χ4v) is 1.21. The van der Waals surface area contributed by atoms with Crippen molar-refractivity contribution in [1.82, 2.24) is 0 Å². The van der Waals surface area contributed by atoms with Gasteiger partial charge in [0.2, 0.25) is 0 Å². The Bertz CT molecular complexity index is 119. The summed E-state index contributed by atoms with van der Waals surface area (Å²) in [6, 6.07) is 0. The summed E-state index contributed by atoms with van der Waals surface area (Å²) >= 11 is 0. The van der Waals surface area contributed by atoms with Crippen molar-refractivity contribution in [1.29, 1.82) is 5.41 Å². The maximum atomic E-state index is 7.03. The Hall–Kier alpha value is -0.570. The first-order valence-electron chi connectivity index (χ1n) is 3.73. The van der Waals surface area contributed by atoms with Gasteiger partial charge in [0, 0.05) is 13.0 Å². The van der Waals surface area contributed by atoms with Crippen LogP contribution in [0.15, 0.2) is 0 Å². The van der Waals surface area contributed by atoms with Crippen LogP contribution in [0.1, 0.15) is 25.7 Å². The highest BCUT2D eigenvalue weighted by Crippen LogP contribution is 2.14. The molecular formula is C7H14N2O. The molecule has 1 fully saturated rings. The van der Waals surface area contributed by atoms with E-state index in [1.807, 2.05) is 0 Å². The predicted molar refractivity (Wildman–Crippen MR) is 40.1 cm³/mol. The lowest BCUT2D eigenvalue weighted by atomic mass is 10.1. The molecule has 0 radical (unpaired) electrons. The molecule has 0 saturated carbocycles. The lowest BCUT2D eigenvalue weighted by Gasteiger charge is -2.21. The van der Waals surface area contributed by atoms with Crippen molar-refractivity contribution in [3.63, 3.8) is 0 Å². The zero-order chi connectivity index (χ0) is 7.40. The van der Waals surface area contributed by atoms with Gasteiger partial charge in [-0.1, -0.05) is 0 Å². The molecule has 1 saturated heterocycles. The lowest BCUT2D eigenvalue weighted by Crippen LogP contribution is -2.25. The fraction of sp³-hybridized carbons (Fsp3) is 0.857. The number of hydrogen-bond acceptors (Lipinski definition) is 2. The summed E-state index contributed by atoms with van der Waals surface area (Å²) in [6.45, 7) is 0.845. The smallest absolute Gasteiger partial charge is 0.0931 e. The number of amidine groups is 1. The molecule has 0 amide bonds. The van der Waals surface area contributed by atoms with Gasteiger partial charge in [-0.2, -0.15) is 0 Å². The van der Waals surface area contributed by atoms with Gasteiger partial charge in [-0.05, 0) is 19.3 Å². The average Bonchev–Trinajstić information content (AvgIpc) is 1.88. The molecule has 1 heterocycles. The topological polar surface area (TPSA) is 59.1 Å². The van der Waals surface area contributed by atoms with Gasteiger partial charge in [-0.25, -0.2) is 0 Å². The van der Waals surface area contributed by atoms with Gasteiger partial charge in [0.1, 0.15) is 0 Å². The van der Waals surface area contributed by atoms with Gasteiger partial charge in [0.25, 0.3) is 0 Å². The summed E-state index contributed by atoms with van der Waals surface area (Å²) in [5.74, 6) is 0.243. The zero-order valence-electron chi connectivity index (χ0n) is 6.10. The first-order chi connectivity index (χ1) is 4.79. The normalized spacial score (nSPS) is 26.2. The molecule has 0 aromatic heterocycles. The third-order valence-electron chi connectivity index (χ3n) is 1.72. The third kappa shape index (κ3) is 2.35. The molecule has 10 heavy (non-hydrogen) atoms. The van der Waals surface area contributed by atoms with Crippen molar-refractivity contribution in [2.75, 3.05) is 6.61 Å². The van der Waals surface area contributed by atoms with E-state index >= 15 is 0 Å². The monoisotopic (exact) mass is 142 g/mol. The molecule has 0 aromatic rings. The van der Waals surface area contributed by atoms with Crippen molar-refractivity contribution >= 4 is 5.84 Å². The molecular weight excluding hydrogens is 128 g/mol. The van der Waals surface area contributed by atoms with Crippen LogP contribution < -0.4 is 5.73 Å². The second kappa shape index (κ2) is 3.56. The Balaban J connectivity index is 2.19. The summed E-state index contributed by atoms with van der Waals surface area (Å²) in [7, 11) is 0. The van der Waals surface area contributed by atoms with Gasteiger partial charge < -0.3 is 10.5 Å². The van der Waals surface area contributed by atoms with E-state index in [1.165, 1.54) is 6.42 Å². The van der Waals surface area contributed by atoms with Crippen LogP contribution in [-0.4, -0.2) is 18.5 Å². The van der Waals surface area contributed by atoms with Crippen LogP contribution in [-0.2, 0) is 4.74 Å². The standard InChI is InChI=1S/C7H14N2O/c8-7(9)5-6-3-1-2-4-10-6/h6H,1-5H2,(H3,8,9). The molecule has 1 unspecified atom stereocenters. The first kappa shape index (κ1) is 7.54. The van der Waals surface area contributed by atoms with Gasteiger partial charge in [-0.3, -0.25) is 5.41 Å². The fourth-order valence-electron chi connectivity index (χ4n) is 1.21. The minimum absolute atomic E-state index is 0.228. The Labute approximate surface area is 61.1 Å². The number of rotatable bonds is 2. The summed E-state index contributed by atoms with van der Waals surface area (Å²) in [5.41, 5.74) is 5.23. The SMILES string of the molecule is N=C(N)CC1CCCCO1. The molecule has 58 valence electrons. The summed E-state index contributed by atoms with van der Waals surface area (Å²) in [4.78, 5) is 0. The summed E-state index contributed by atoms with van der Waals surface area (Å²) < 4.78 is 5.37. The Morgan fingerprint density at radius 2 is 2.40 bits per heavy atom. The Morgan fingerprint density at radius 3 is 2.90 bits per heavy atom. The second-order valence-electron chi connectivity index (χ2n) is 2.72. The lowest BCUT2D eigenvalue weighted by molar-refractivity contribution is 0.0208. The van der Waals surface area contributed by atoms with Crippen LogP contribution in [0.3, 0.4) is 0 Å². The maximum Gasteiger partial charge on any atom is 0.0931 e. The summed E-state index contributed by atoms with van der Waals surface area (Å²) in [5, 5.41) is 7.03. The molecule has 3 heteroatoms. The molecule has 0 aromatic carbocycles. The highest BCUT2D eigenvalue weighted by atomic mass is 16.5. The number of hydrogen-bond donors (Lipinski definition) is 2. The van der Waals surface area contributed by atoms with E-state index in [0.29, 0.717) is 6.42 Å². The number of nitrogens with two attached hydrogens (primary N) is 1. The summed E-state index contributed by atoms with van der Waals surface area (Å²) in [6.07, 6.45) is 4.29. The molecule has 3 N–H and O–H groups in total. The van der Waals surface area contributed by atoms with Gasteiger partial charge >= 0.3 is 0 Å². The van der Waals surface area contributed by atoms with Gasteiger partial charge in [0.15, 0.2) is 0 Å².